The van der Waals surface area contributed by atoms with Crippen molar-refractivity contribution in [1.29, 1.82) is 0 Å². The summed E-state index contributed by atoms with van der Waals surface area (Å²) in [6, 6.07) is 6.93. The molecule has 0 bridgehead atoms. The number of hydrogen-bond acceptors (Lipinski definition) is 4. The number of imide groups is 1. The molecule has 2 saturated carbocycles. The van der Waals surface area contributed by atoms with Gasteiger partial charge < -0.3 is 10.2 Å². The van der Waals surface area contributed by atoms with Gasteiger partial charge in [0.1, 0.15) is 6.04 Å². The zero-order valence-electron chi connectivity index (χ0n) is 20.7. The maximum atomic E-state index is 13.0. The maximum absolute atomic E-state index is 13.0. The van der Waals surface area contributed by atoms with E-state index in [1.807, 2.05) is 6.07 Å². The molecule has 4 aliphatic rings. The Morgan fingerprint density at radius 1 is 1.03 bits per heavy atom. The van der Waals surface area contributed by atoms with Crippen LogP contribution in [0.1, 0.15) is 99.5 Å². The summed E-state index contributed by atoms with van der Waals surface area (Å²) in [7, 11) is 0. The molecule has 2 N–H and O–H groups in total. The fraction of sp³-hybridized carbons (Fsp3) is 0.679. The lowest BCUT2D eigenvalue weighted by atomic mass is 9.74. The molecule has 6 heteroatoms. The molecule has 0 aromatic heterocycles. The zero-order valence-corrected chi connectivity index (χ0v) is 20.7. The standard InChI is InChI=1S/C28H39N3O3/c1-28(2)13-11-21(12-14-28)29-23-6-4-3-5-19(23)15-18-7-8-22-20(16-18)17-31(27(22)34)24-9-10-25(32)30-26(24)33/h7-8,16,19,21,23-24,29H,3-6,9-15,17H2,1-2H3,(H,30,32,33)/t19-,23+,24?/m1/s1. The average molecular weight is 466 g/mol. The topological polar surface area (TPSA) is 78.5 Å². The van der Waals surface area contributed by atoms with Gasteiger partial charge in [0.25, 0.3) is 5.91 Å². The van der Waals surface area contributed by atoms with Crippen molar-refractivity contribution in [3.63, 3.8) is 0 Å². The first-order valence-electron chi connectivity index (χ1n) is 13.3. The Morgan fingerprint density at radius 3 is 2.56 bits per heavy atom. The van der Waals surface area contributed by atoms with Crippen molar-refractivity contribution in [3.05, 3.63) is 34.9 Å². The Kier molecular flexibility index (Phi) is 6.54. The lowest BCUT2D eigenvalue weighted by molar-refractivity contribution is -0.136. The summed E-state index contributed by atoms with van der Waals surface area (Å²) in [6.07, 6.45) is 12.1. The molecular formula is C28H39N3O3. The zero-order chi connectivity index (χ0) is 23.9. The van der Waals surface area contributed by atoms with Gasteiger partial charge in [-0.15, -0.1) is 0 Å². The van der Waals surface area contributed by atoms with Gasteiger partial charge in [0.15, 0.2) is 0 Å². The molecule has 2 aliphatic carbocycles. The first-order valence-corrected chi connectivity index (χ1v) is 13.3. The third kappa shape index (κ3) is 4.93. The number of amides is 3. The molecule has 1 aromatic rings. The Hall–Kier alpha value is -2.21. The Balaban J connectivity index is 1.24. The minimum atomic E-state index is -0.548. The van der Waals surface area contributed by atoms with Crippen molar-refractivity contribution < 1.29 is 14.4 Å². The molecule has 34 heavy (non-hydrogen) atoms. The third-order valence-electron chi connectivity index (χ3n) is 8.78. The average Bonchev–Trinajstić information content (AvgIpc) is 3.12. The van der Waals surface area contributed by atoms with E-state index in [9.17, 15) is 14.4 Å². The normalized spacial score (nSPS) is 29.8. The minimum Gasteiger partial charge on any atom is -0.322 e. The second-order valence-electron chi connectivity index (χ2n) is 11.9. The molecule has 5 rings (SSSR count). The number of nitrogens with zero attached hydrogens (tertiary/aromatic N) is 1. The first kappa shape index (κ1) is 23.5. The van der Waals surface area contributed by atoms with Gasteiger partial charge >= 0.3 is 0 Å². The Morgan fingerprint density at radius 2 is 1.79 bits per heavy atom. The third-order valence-corrected chi connectivity index (χ3v) is 8.78. The molecule has 1 saturated heterocycles. The highest BCUT2D eigenvalue weighted by atomic mass is 16.2. The van der Waals surface area contributed by atoms with Gasteiger partial charge in [-0.3, -0.25) is 19.7 Å². The molecule has 0 radical (unpaired) electrons. The van der Waals surface area contributed by atoms with Crippen molar-refractivity contribution in [2.45, 2.75) is 109 Å². The van der Waals surface area contributed by atoms with Crippen LogP contribution in [0.2, 0.25) is 0 Å². The number of benzene rings is 1. The Labute approximate surface area is 203 Å². The van der Waals surface area contributed by atoms with Crippen molar-refractivity contribution in [2.24, 2.45) is 11.3 Å². The van der Waals surface area contributed by atoms with Crippen LogP contribution in [0.3, 0.4) is 0 Å². The van der Waals surface area contributed by atoms with E-state index >= 15 is 0 Å². The van der Waals surface area contributed by atoms with Crippen molar-refractivity contribution in [3.8, 4) is 0 Å². The van der Waals surface area contributed by atoms with Crippen LogP contribution in [0.15, 0.2) is 18.2 Å². The second kappa shape index (κ2) is 9.44. The van der Waals surface area contributed by atoms with Crippen molar-refractivity contribution >= 4 is 17.7 Å². The van der Waals surface area contributed by atoms with Gasteiger partial charge in [-0.05, 0) is 79.9 Å². The highest BCUT2D eigenvalue weighted by Crippen LogP contribution is 2.37. The van der Waals surface area contributed by atoms with E-state index < -0.39 is 6.04 Å². The lowest BCUT2D eigenvalue weighted by Gasteiger charge is -2.40. The SMILES string of the molecule is CC1(C)CCC(N[C@H]2CCCC[C@@H]2Cc2ccc3c(c2)CN(C2CCC(=O)NC2=O)C3=O)CC1. The fourth-order valence-electron chi connectivity index (χ4n) is 6.60. The molecule has 3 fully saturated rings. The van der Waals surface area contributed by atoms with E-state index in [0.717, 1.165) is 12.0 Å². The van der Waals surface area contributed by atoms with E-state index in [0.29, 0.717) is 41.9 Å². The maximum Gasteiger partial charge on any atom is 0.255 e. The van der Waals surface area contributed by atoms with E-state index in [1.165, 1.54) is 56.9 Å². The van der Waals surface area contributed by atoms with Crippen LogP contribution in [0, 0.1) is 11.3 Å². The van der Waals surface area contributed by atoms with Gasteiger partial charge in [-0.2, -0.15) is 0 Å². The highest BCUT2D eigenvalue weighted by molar-refractivity contribution is 6.05. The van der Waals surface area contributed by atoms with Crippen LogP contribution < -0.4 is 10.6 Å². The number of piperidine rings is 1. The molecule has 3 amide bonds. The summed E-state index contributed by atoms with van der Waals surface area (Å²) >= 11 is 0. The summed E-state index contributed by atoms with van der Waals surface area (Å²) in [5.41, 5.74) is 3.51. The molecule has 3 atom stereocenters. The van der Waals surface area contributed by atoms with Crippen LogP contribution in [0.4, 0.5) is 0 Å². The second-order valence-corrected chi connectivity index (χ2v) is 11.9. The number of carbonyl (C=O) groups excluding carboxylic acids is 3. The van der Waals surface area contributed by atoms with Gasteiger partial charge in [-0.1, -0.05) is 38.8 Å². The smallest absolute Gasteiger partial charge is 0.255 e. The number of rotatable bonds is 5. The van der Waals surface area contributed by atoms with Crippen LogP contribution in [-0.4, -0.2) is 40.7 Å². The first-order chi connectivity index (χ1) is 16.3. The molecule has 184 valence electrons. The molecule has 6 nitrogen and oxygen atoms in total. The summed E-state index contributed by atoms with van der Waals surface area (Å²) in [4.78, 5) is 38.5. The summed E-state index contributed by atoms with van der Waals surface area (Å²) in [5.74, 6) is -0.0568. The van der Waals surface area contributed by atoms with E-state index in [2.05, 4.69) is 36.6 Å². The summed E-state index contributed by atoms with van der Waals surface area (Å²) in [6.45, 7) is 5.25. The van der Waals surface area contributed by atoms with Crippen LogP contribution >= 0.6 is 0 Å². The molecule has 2 heterocycles. The molecular weight excluding hydrogens is 426 g/mol. The molecule has 0 spiro atoms. The fourth-order valence-corrected chi connectivity index (χ4v) is 6.60. The molecule has 1 unspecified atom stereocenters. The van der Waals surface area contributed by atoms with E-state index in [1.54, 1.807) is 4.90 Å². The number of fused-ring (bicyclic) bond motifs is 1. The molecule has 2 aliphatic heterocycles. The number of hydrogen-bond donors (Lipinski definition) is 2. The predicted octanol–water partition coefficient (Wildman–Crippen LogP) is 4.11. The predicted molar refractivity (Wildman–Crippen MR) is 131 cm³/mol. The van der Waals surface area contributed by atoms with Crippen LogP contribution in [0.5, 0.6) is 0 Å². The van der Waals surface area contributed by atoms with Gasteiger partial charge in [0, 0.05) is 30.6 Å². The monoisotopic (exact) mass is 465 g/mol. The summed E-state index contributed by atoms with van der Waals surface area (Å²) in [5, 5.41) is 6.43. The molecule has 1 aromatic carbocycles. The van der Waals surface area contributed by atoms with E-state index in [4.69, 9.17) is 0 Å². The minimum absolute atomic E-state index is 0.0894. The van der Waals surface area contributed by atoms with Crippen molar-refractivity contribution in [2.75, 3.05) is 0 Å². The van der Waals surface area contributed by atoms with Gasteiger partial charge in [-0.25, -0.2) is 0 Å². The van der Waals surface area contributed by atoms with Crippen LogP contribution in [0.25, 0.3) is 0 Å². The largest absolute Gasteiger partial charge is 0.322 e. The van der Waals surface area contributed by atoms with E-state index in [-0.39, 0.29) is 24.1 Å². The Bertz CT molecular complexity index is 962. The summed E-state index contributed by atoms with van der Waals surface area (Å²) < 4.78 is 0. The number of nitrogens with one attached hydrogen (secondary N) is 2. The van der Waals surface area contributed by atoms with Gasteiger partial charge in [0.2, 0.25) is 11.8 Å². The van der Waals surface area contributed by atoms with Gasteiger partial charge in [0.05, 0.1) is 0 Å². The highest BCUT2D eigenvalue weighted by Gasteiger charge is 2.39. The van der Waals surface area contributed by atoms with Crippen molar-refractivity contribution in [1.82, 2.24) is 15.5 Å². The quantitative estimate of drug-likeness (QED) is 0.642. The lowest BCUT2D eigenvalue weighted by Crippen LogP contribution is -2.52. The van der Waals surface area contributed by atoms with Crippen LogP contribution in [-0.2, 0) is 22.6 Å². The number of carbonyl (C=O) groups is 3.